The lowest BCUT2D eigenvalue weighted by Gasteiger charge is -2.28. The molecule has 2 N–H and O–H groups in total. The first-order valence-corrected chi connectivity index (χ1v) is 6.73. The van der Waals surface area contributed by atoms with Gasteiger partial charge < -0.3 is 24.8 Å². The number of esters is 1. The quantitative estimate of drug-likeness (QED) is 0.820. The zero-order valence-electron chi connectivity index (χ0n) is 12.9. The van der Waals surface area contributed by atoms with Crippen molar-refractivity contribution in [2.45, 2.75) is 11.5 Å². The molecule has 21 heavy (non-hydrogen) atoms. The average molecular weight is 294 g/mol. The smallest absolute Gasteiger partial charge is 0.327 e. The third-order valence-electron chi connectivity index (χ3n) is 3.99. The number of hydrogen-bond donors (Lipinski definition) is 1. The van der Waals surface area contributed by atoms with Crippen LogP contribution in [0.15, 0.2) is 18.2 Å². The molecule has 0 radical (unpaired) electrons. The number of methoxy groups -OCH3 is 3. The third-order valence-corrected chi connectivity index (χ3v) is 3.99. The summed E-state index contributed by atoms with van der Waals surface area (Å²) in [7, 11) is 6.48. The number of nitrogens with two attached hydrogens (primary N) is 1. The highest BCUT2D eigenvalue weighted by Crippen LogP contribution is 2.37. The first kappa shape index (κ1) is 15.6. The number of likely N-dealkylation sites (tertiary alicyclic amines) is 1. The number of hydrogen-bond acceptors (Lipinski definition) is 6. The van der Waals surface area contributed by atoms with Crippen LogP contribution in [0.2, 0.25) is 0 Å². The van der Waals surface area contributed by atoms with Gasteiger partial charge in [0.1, 0.15) is 17.0 Å². The monoisotopic (exact) mass is 294 g/mol. The van der Waals surface area contributed by atoms with Gasteiger partial charge in [0.2, 0.25) is 0 Å². The van der Waals surface area contributed by atoms with Crippen LogP contribution in [0, 0.1) is 0 Å². The highest BCUT2D eigenvalue weighted by atomic mass is 16.5. The Morgan fingerprint density at radius 3 is 2.29 bits per heavy atom. The Hall–Kier alpha value is -1.79. The maximum Gasteiger partial charge on any atom is 0.327 e. The van der Waals surface area contributed by atoms with Crippen LogP contribution in [0.4, 0.5) is 0 Å². The summed E-state index contributed by atoms with van der Waals surface area (Å²) in [5.74, 6) is 0.759. The first-order chi connectivity index (χ1) is 9.94. The van der Waals surface area contributed by atoms with Crippen molar-refractivity contribution < 1.29 is 19.0 Å². The Morgan fingerprint density at radius 1 is 1.24 bits per heavy atom. The van der Waals surface area contributed by atoms with Gasteiger partial charge in [-0.2, -0.15) is 0 Å². The van der Waals surface area contributed by atoms with Crippen LogP contribution in [0.3, 0.4) is 0 Å². The molecular weight excluding hydrogens is 272 g/mol. The van der Waals surface area contributed by atoms with Crippen molar-refractivity contribution in [3.8, 4) is 11.5 Å². The molecule has 1 fully saturated rings. The predicted molar refractivity (Wildman–Crippen MR) is 78.7 cm³/mol. The molecule has 1 aromatic carbocycles. The summed E-state index contributed by atoms with van der Waals surface area (Å²) in [4.78, 5) is 14.2. The minimum Gasteiger partial charge on any atom is -0.497 e. The van der Waals surface area contributed by atoms with Gasteiger partial charge in [0.25, 0.3) is 0 Å². The second-order valence-electron chi connectivity index (χ2n) is 5.43. The van der Waals surface area contributed by atoms with Crippen molar-refractivity contribution in [3.05, 3.63) is 23.8 Å². The van der Waals surface area contributed by atoms with Crippen LogP contribution in [-0.2, 0) is 9.53 Å². The van der Waals surface area contributed by atoms with Crippen LogP contribution in [0.1, 0.15) is 11.5 Å². The predicted octanol–water partition coefficient (Wildman–Crippen LogP) is 0.603. The van der Waals surface area contributed by atoms with Gasteiger partial charge in [0.15, 0.2) is 0 Å². The topological polar surface area (TPSA) is 74.0 Å². The Balaban J connectivity index is 2.45. The molecule has 2 rings (SSSR count). The lowest BCUT2D eigenvalue weighted by molar-refractivity contribution is -0.147. The summed E-state index contributed by atoms with van der Waals surface area (Å²) in [6.07, 6.45) is 0. The zero-order chi connectivity index (χ0) is 15.6. The van der Waals surface area contributed by atoms with Crippen LogP contribution in [-0.4, -0.2) is 57.9 Å². The highest BCUT2D eigenvalue weighted by Gasteiger charge is 2.50. The molecule has 1 heterocycles. The SMILES string of the molecule is COC(=O)[C@]1(N)CN(C)C[C@@H]1c1cc(OC)cc(OC)c1. The largest absolute Gasteiger partial charge is 0.497 e. The van der Waals surface area contributed by atoms with Crippen molar-refractivity contribution in [2.75, 3.05) is 41.5 Å². The van der Waals surface area contributed by atoms with Crippen molar-refractivity contribution in [1.82, 2.24) is 4.90 Å². The maximum absolute atomic E-state index is 12.1. The lowest BCUT2D eigenvalue weighted by Crippen LogP contribution is -2.54. The van der Waals surface area contributed by atoms with E-state index in [1.54, 1.807) is 20.3 Å². The van der Waals surface area contributed by atoms with E-state index in [1.165, 1.54) is 7.11 Å². The number of carbonyl (C=O) groups excluding carboxylic acids is 1. The number of rotatable bonds is 4. The molecule has 0 amide bonds. The minimum absolute atomic E-state index is 0.182. The van der Waals surface area contributed by atoms with E-state index in [0.717, 1.165) is 5.56 Å². The summed E-state index contributed by atoms with van der Waals surface area (Å²) in [5.41, 5.74) is 6.20. The molecule has 0 saturated carbocycles. The van der Waals surface area contributed by atoms with E-state index in [-0.39, 0.29) is 5.92 Å². The van der Waals surface area contributed by atoms with Gasteiger partial charge >= 0.3 is 5.97 Å². The first-order valence-electron chi connectivity index (χ1n) is 6.73. The van der Waals surface area contributed by atoms with Crippen molar-refractivity contribution in [2.24, 2.45) is 5.73 Å². The van der Waals surface area contributed by atoms with E-state index in [4.69, 9.17) is 19.9 Å². The van der Waals surface area contributed by atoms with E-state index < -0.39 is 11.5 Å². The van der Waals surface area contributed by atoms with E-state index in [1.807, 2.05) is 24.1 Å². The fourth-order valence-corrected chi connectivity index (χ4v) is 2.93. The number of nitrogens with zero attached hydrogens (tertiary/aromatic N) is 1. The fourth-order valence-electron chi connectivity index (χ4n) is 2.93. The van der Waals surface area contributed by atoms with E-state index in [0.29, 0.717) is 24.6 Å². The van der Waals surface area contributed by atoms with Crippen molar-refractivity contribution in [3.63, 3.8) is 0 Å². The molecule has 6 nitrogen and oxygen atoms in total. The lowest BCUT2D eigenvalue weighted by atomic mass is 9.82. The molecule has 0 spiro atoms. The third kappa shape index (κ3) is 2.82. The number of likely N-dealkylation sites (N-methyl/N-ethyl adjacent to an activating group) is 1. The van der Waals surface area contributed by atoms with Gasteiger partial charge in [-0.15, -0.1) is 0 Å². The molecule has 6 heteroatoms. The molecule has 0 aromatic heterocycles. The molecule has 0 unspecified atom stereocenters. The average Bonchev–Trinajstić information content (AvgIpc) is 2.81. The number of ether oxygens (including phenoxy) is 3. The standard InChI is InChI=1S/C15H22N2O4/c1-17-8-13(15(16,9-17)14(18)21-4)10-5-11(19-2)7-12(6-10)20-3/h5-7,13H,8-9,16H2,1-4H3/t13-,15+/m1/s1. The highest BCUT2D eigenvalue weighted by molar-refractivity contribution is 5.83. The molecule has 2 atom stereocenters. The molecule has 0 aliphatic carbocycles. The van der Waals surface area contributed by atoms with Crippen LogP contribution in [0.25, 0.3) is 0 Å². The van der Waals surface area contributed by atoms with Crippen LogP contribution < -0.4 is 15.2 Å². The van der Waals surface area contributed by atoms with Crippen LogP contribution in [0.5, 0.6) is 11.5 Å². The number of carbonyl (C=O) groups is 1. The van der Waals surface area contributed by atoms with Crippen LogP contribution >= 0.6 is 0 Å². The Labute approximate surface area is 124 Å². The summed E-state index contributed by atoms with van der Waals surface area (Å²) >= 11 is 0. The van der Waals surface area contributed by atoms with Gasteiger partial charge in [-0.25, -0.2) is 4.79 Å². The van der Waals surface area contributed by atoms with E-state index >= 15 is 0 Å². The second kappa shape index (κ2) is 5.91. The molecule has 1 aromatic rings. The van der Waals surface area contributed by atoms with Gasteiger partial charge in [-0.3, -0.25) is 0 Å². The summed E-state index contributed by atoms with van der Waals surface area (Å²) in [6.45, 7) is 1.12. The molecule has 0 bridgehead atoms. The van der Waals surface area contributed by atoms with Gasteiger partial charge in [0.05, 0.1) is 21.3 Å². The normalized spacial score (nSPS) is 25.7. The summed E-state index contributed by atoms with van der Waals surface area (Å²) in [6, 6.07) is 5.56. The van der Waals surface area contributed by atoms with Crippen molar-refractivity contribution in [1.29, 1.82) is 0 Å². The van der Waals surface area contributed by atoms with E-state index in [2.05, 4.69) is 0 Å². The molecule has 1 aliphatic heterocycles. The maximum atomic E-state index is 12.1. The molecule has 1 saturated heterocycles. The summed E-state index contributed by atoms with van der Waals surface area (Å²) < 4.78 is 15.5. The molecule has 1 aliphatic rings. The molecular formula is C15H22N2O4. The number of benzene rings is 1. The summed E-state index contributed by atoms with van der Waals surface area (Å²) in [5, 5.41) is 0. The van der Waals surface area contributed by atoms with Gasteiger partial charge in [-0.05, 0) is 24.7 Å². The Bertz CT molecular complexity index is 512. The molecule has 116 valence electrons. The van der Waals surface area contributed by atoms with E-state index in [9.17, 15) is 4.79 Å². The second-order valence-corrected chi connectivity index (χ2v) is 5.43. The van der Waals surface area contributed by atoms with Crippen molar-refractivity contribution >= 4 is 5.97 Å². The Morgan fingerprint density at radius 2 is 1.81 bits per heavy atom. The fraction of sp³-hybridized carbons (Fsp3) is 0.533. The van der Waals surface area contributed by atoms with Gasteiger partial charge in [-0.1, -0.05) is 0 Å². The zero-order valence-corrected chi connectivity index (χ0v) is 12.9. The Kier molecular flexibility index (Phi) is 4.39. The van der Waals surface area contributed by atoms with Gasteiger partial charge in [0, 0.05) is 25.1 Å². The minimum atomic E-state index is -1.07.